The van der Waals surface area contributed by atoms with Crippen LogP contribution in [0.2, 0.25) is 0 Å². The van der Waals surface area contributed by atoms with Crippen LogP contribution in [0.4, 0.5) is 26.3 Å². The van der Waals surface area contributed by atoms with Crippen LogP contribution in [-0.2, 0) is 12.4 Å². The molecule has 4 nitrogen and oxygen atoms in total. The van der Waals surface area contributed by atoms with Crippen molar-refractivity contribution in [3.05, 3.63) is 94.2 Å². The number of aromatic carboxylic acids is 1. The molecule has 198 valence electrons. The average molecular weight is 577 g/mol. The van der Waals surface area contributed by atoms with Crippen LogP contribution >= 0.6 is 22.7 Å². The molecule has 5 rings (SSSR count). The minimum Gasteiger partial charge on any atom is -0.478 e. The highest BCUT2D eigenvalue weighted by Crippen LogP contribution is 2.40. The number of benzene rings is 3. The molecule has 0 aliphatic carbocycles. The fourth-order valence-electron chi connectivity index (χ4n) is 3.81. The Morgan fingerprint density at radius 2 is 1.18 bits per heavy atom. The van der Waals surface area contributed by atoms with Gasteiger partial charge in [0.25, 0.3) is 0 Å². The summed E-state index contributed by atoms with van der Waals surface area (Å²) >= 11 is 2.38. The highest BCUT2D eigenvalue weighted by Gasteiger charge is 2.37. The largest absolute Gasteiger partial charge is 0.478 e. The van der Waals surface area contributed by atoms with E-state index in [2.05, 4.69) is 9.97 Å². The van der Waals surface area contributed by atoms with Gasteiger partial charge >= 0.3 is 18.3 Å². The number of thiazole rings is 2. The Hall–Kier alpha value is -4.03. The molecule has 0 aliphatic heterocycles. The molecule has 5 aromatic rings. The van der Waals surface area contributed by atoms with E-state index in [-0.39, 0.29) is 22.9 Å². The number of hydrogen-bond donors (Lipinski definition) is 1. The summed E-state index contributed by atoms with van der Waals surface area (Å²) in [5.41, 5.74) is -0.495. The van der Waals surface area contributed by atoms with Crippen LogP contribution in [-0.4, -0.2) is 21.0 Å². The summed E-state index contributed by atoms with van der Waals surface area (Å²) in [5.74, 6) is -1.06. The third kappa shape index (κ3) is 5.57. The Morgan fingerprint density at radius 1 is 0.667 bits per heavy atom. The lowest BCUT2D eigenvalue weighted by atomic mass is 10.0. The van der Waals surface area contributed by atoms with Gasteiger partial charge in [0.05, 0.1) is 28.1 Å². The maximum Gasteiger partial charge on any atom is 0.416 e. The average Bonchev–Trinajstić information content (AvgIpc) is 3.58. The zero-order valence-electron chi connectivity index (χ0n) is 19.3. The predicted octanol–water partition coefficient (Wildman–Crippen LogP) is 9.00. The summed E-state index contributed by atoms with van der Waals surface area (Å²) in [4.78, 5) is 20.4. The molecule has 12 heteroatoms. The molecule has 0 radical (unpaired) electrons. The number of halogens is 6. The van der Waals surface area contributed by atoms with E-state index in [1.807, 2.05) is 0 Å². The number of carboxylic acid groups (broad SMARTS) is 1. The number of rotatable bonds is 5. The van der Waals surface area contributed by atoms with Gasteiger partial charge in [-0.05, 0) is 24.3 Å². The quantitative estimate of drug-likeness (QED) is 0.212. The van der Waals surface area contributed by atoms with E-state index >= 15 is 0 Å². The van der Waals surface area contributed by atoms with Crippen molar-refractivity contribution < 1.29 is 36.2 Å². The lowest BCUT2D eigenvalue weighted by molar-refractivity contribution is -0.143. The minimum absolute atomic E-state index is 0.00286. The van der Waals surface area contributed by atoms with E-state index < -0.39 is 29.4 Å². The van der Waals surface area contributed by atoms with Crippen LogP contribution in [0.15, 0.2) is 77.5 Å². The maximum atomic E-state index is 13.2. The van der Waals surface area contributed by atoms with Crippen molar-refractivity contribution in [2.75, 3.05) is 0 Å². The monoisotopic (exact) mass is 576 g/mol. The summed E-state index contributed by atoms with van der Waals surface area (Å²) in [7, 11) is 0. The van der Waals surface area contributed by atoms with E-state index in [4.69, 9.17) is 0 Å². The Labute approximate surface area is 224 Å². The summed E-state index contributed by atoms with van der Waals surface area (Å²) < 4.78 is 79.4. The van der Waals surface area contributed by atoms with Crippen LogP contribution in [0.25, 0.3) is 43.7 Å². The molecule has 3 aromatic carbocycles. The third-order valence-electron chi connectivity index (χ3n) is 5.71. The second kappa shape index (κ2) is 9.93. The van der Waals surface area contributed by atoms with Crippen molar-refractivity contribution in [1.82, 2.24) is 9.97 Å². The standard InChI is InChI=1S/C27H14F6N2O2S2/c28-26(29,30)17-9-16(10-18(11-17)27(31,32)33)22-13-38-23(34-22)15-7-5-14(6-8-15)21-12-39-24(35-21)19-3-1-2-4-20(19)25(36)37/h1-13H,(H,36,37). The molecule has 2 aromatic heterocycles. The molecule has 0 bridgehead atoms. The van der Waals surface area contributed by atoms with Gasteiger partial charge in [0.15, 0.2) is 0 Å². The Morgan fingerprint density at radius 3 is 1.77 bits per heavy atom. The van der Waals surface area contributed by atoms with Crippen molar-refractivity contribution >= 4 is 28.6 Å². The van der Waals surface area contributed by atoms with E-state index in [9.17, 15) is 36.2 Å². The third-order valence-corrected chi connectivity index (χ3v) is 7.47. The summed E-state index contributed by atoms with van der Waals surface area (Å²) in [6.45, 7) is 0. The summed E-state index contributed by atoms with van der Waals surface area (Å²) in [5, 5.41) is 13.6. The van der Waals surface area contributed by atoms with Crippen molar-refractivity contribution in [3.63, 3.8) is 0 Å². The first-order chi connectivity index (χ1) is 18.4. The van der Waals surface area contributed by atoms with Gasteiger partial charge in [-0.15, -0.1) is 22.7 Å². The molecule has 0 aliphatic rings. The molecule has 0 fully saturated rings. The number of nitrogens with zero attached hydrogens (tertiary/aromatic N) is 2. The topological polar surface area (TPSA) is 63.1 Å². The lowest BCUT2D eigenvalue weighted by Crippen LogP contribution is -2.11. The van der Waals surface area contributed by atoms with Crippen LogP contribution in [0, 0.1) is 0 Å². The van der Waals surface area contributed by atoms with Crippen molar-refractivity contribution in [2.24, 2.45) is 0 Å². The first-order valence-corrected chi connectivity index (χ1v) is 12.8. The van der Waals surface area contributed by atoms with E-state index in [1.54, 1.807) is 47.8 Å². The molecule has 0 spiro atoms. The number of aromatic nitrogens is 2. The van der Waals surface area contributed by atoms with Gasteiger partial charge in [-0.3, -0.25) is 0 Å². The molecular weight excluding hydrogens is 562 g/mol. The van der Waals surface area contributed by atoms with Gasteiger partial charge in [-0.2, -0.15) is 26.3 Å². The first-order valence-electron chi connectivity index (χ1n) is 11.0. The Kier molecular flexibility index (Phi) is 6.77. The normalized spacial score (nSPS) is 12.1. The minimum atomic E-state index is -4.95. The van der Waals surface area contributed by atoms with Gasteiger partial charge in [0.1, 0.15) is 10.0 Å². The van der Waals surface area contributed by atoms with Gasteiger partial charge in [-0.1, -0.05) is 42.5 Å². The molecule has 2 heterocycles. The molecule has 0 unspecified atom stereocenters. The van der Waals surface area contributed by atoms with E-state index in [1.165, 1.54) is 22.8 Å². The fourth-order valence-corrected chi connectivity index (χ4v) is 5.51. The van der Waals surface area contributed by atoms with Crippen LogP contribution in [0.1, 0.15) is 21.5 Å². The molecule has 0 saturated heterocycles. The van der Waals surface area contributed by atoms with Crippen LogP contribution in [0.3, 0.4) is 0 Å². The summed E-state index contributed by atoms with van der Waals surface area (Å²) in [6.07, 6.45) is -9.90. The van der Waals surface area contributed by atoms with Gasteiger partial charge in [0.2, 0.25) is 0 Å². The smallest absolute Gasteiger partial charge is 0.416 e. The van der Waals surface area contributed by atoms with Crippen molar-refractivity contribution in [3.8, 4) is 43.7 Å². The number of alkyl halides is 6. The number of carboxylic acids is 1. The second-order valence-corrected chi connectivity index (χ2v) is 10.0. The highest BCUT2D eigenvalue weighted by molar-refractivity contribution is 7.13. The number of carbonyl (C=O) groups is 1. The second-order valence-electron chi connectivity index (χ2n) is 8.30. The highest BCUT2D eigenvalue weighted by atomic mass is 32.1. The van der Waals surface area contributed by atoms with Gasteiger partial charge < -0.3 is 5.11 Å². The van der Waals surface area contributed by atoms with Crippen LogP contribution in [0.5, 0.6) is 0 Å². The zero-order chi connectivity index (χ0) is 27.9. The maximum absolute atomic E-state index is 13.2. The first kappa shape index (κ1) is 26.6. The molecule has 39 heavy (non-hydrogen) atoms. The molecule has 0 atom stereocenters. The predicted molar refractivity (Wildman–Crippen MR) is 136 cm³/mol. The van der Waals surface area contributed by atoms with E-state index in [0.29, 0.717) is 39.0 Å². The molecule has 0 saturated carbocycles. The van der Waals surface area contributed by atoms with Crippen molar-refractivity contribution in [2.45, 2.75) is 12.4 Å². The van der Waals surface area contributed by atoms with Gasteiger partial charge in [-0.25, -0.2) is 14.8 Å². The zero-order valence-corrected chi connectivity index (χ0v) is 21.0. The Balaban J connectivity index is 1.42. The van der Waals surface area contributed by atoms with Gasteiger partial charge in [0, 0.05) is 33.0 Å². The molecule has 0 amide bonds. The fraction of sp³-hybridized carbons (Fsp3) is 0.0741. The van der Waals surface area contributed by atoms with E-state index in [0.717, 1.165) is 16.9 Å². The van der Waals surface area contributed by atoms with Crippen LogP contribution < -0.4 is 0 Å². The molecule has 1 N–H and O–H groups in total. The number of hydrogen-bond acceptors (Lipinski definition) is 5. The SMILES string of the molecule is O=C(O)c1ccccc1-c1nc(-c2ccc(-c3nc(-c4cc(C(F)(F)F)cc(C(F)(F)F)c4)cs3)cc2)cs1. The van der Waals surface area contributed by atoms with Crippen molar-refractivity contribution in [1.29, 1.82) is 0 Å². The summed E-state index contributed by atoms with van der Waals surface area (Å²) in [6, 6.07) is 14.9. The lowest BCUT2D eigenvalue weighted by Gasteiger charge is -2.13. The Bertz CT molecular complexity index is 1640. The molecular formula is C27H14F6N2O2S2.